The second kappa shape index (κ2) is 7.50. The molecule has 8 nitrogen and oxygen atoms in total. The van der Waals surface area contributed by atoms with Crippen LogP contribution in [-0.4, -0.2) is 27.2 Å². The Kier molecular flexibility index (Phi) is 5.14. The first-order valence-corrected chi connectivity index (χ1v) is 8.40. The molecule has 2 heterocycles. The minimum atomic E-state index is -0.539. The summed E-state index contributed by atoms with van der Waals surface area (Å²) in [5, 5.41) is 13.2. The lowest BCUT2D eigenvalue weighted by molar-refractivity contribution is -0.385. The van der Waals surface area contributed by atoms with Crippen LogP contribution < -0.4 is 14.8 Å². The van der Waals surface area contributed by atoms with Crippen LogP contribution in [0.15, 0.2) is 41.4 Å². The molecule has 1 saturated heterocycles. The number of carbonyl (C=O) groups is 1. The number of rotatable bonds is 5. The maximum Gasteiger partial charge on any atom is 0.287 e. The molecule has 0 atom stereocenters. The van der Waals surface area contributed by atoms with Gasteiger partial charge in [0.1, 0.15) is 10.5 Å². The number of ether oxygens (including phenoxy) is 2. The molecule has 0 saturated carbocycles. The van der Waals surface area contributed by atoms with Gasteiger partial charge in [-0.2, -0.15) is 0 Å². The van der Waals surface area contributed by atoms with Gasteiger partial charge in [-0.3, -0.25) is 14.9 Å². The molecule has 1 amide bonds. The van der Waals surface area contributed by atoms with Crippen LogP contribution in [0.1, 0.15) is 5.56 Å². The van der Waals surface area contributed by atoms with Crippen LogP contribution in [0.3, 0.4) is 0 Å². The third kappa shape index (κ3) is 3.98. The largest absolute Gasteiger partial charge is 0.493 e. The topological polar surface area (TPSA) is 104 Å². The van der Waals surface area contributed by atoms with Gasteiger partial charge in [0, 0.05) is 12.1 Å². The van der Waals surface area contributed by atoms with Crippen molar-refractivity contribution in [2.24, 2.45) is 0 Å². The van der Waals surface area contributed by atoms with Crippen molar-refractivity contribution in [3.05, 3.63) is 57.1 Å². The molecule has 10 heteroatoms. The van der Waals surface area contributed by atoms with Crippen molar-refractivity contribution in [1.29, 1.82) is 0 Å². The Morgan fingerprint density at radius 2 is 2.12 bits per heavy atom. The van der Waals surface area contributed by atoms with Crippen molar-refractivity contribution in [2.45, 2.75) is 0 Å². The zero-order chi connectivity index (χ0) is 18.7. The van der Waals surface area contributed by atoms with Gasteiger partial charge in [0.05, 0.1) is 16.9 Å². The zero-order valence-corrected chi connectivity index (χ0v) is 14.9. The number of nitrogens with one attached hydrogen (secondary N) is 1. The van der Waals surface area contributed by atoms with Crippen LogP contribution >= 0.6 is 24.0 Å². The average molecular weight is 389 g/mol. The number of carbonyl (C=O) groups excluding carboxylic acids is 1. The van der Waals surface area contributed by atoms with E-state index in [1.807, 2.05) is 0 Å². The van der Waals surface area contributed by atoms with Gasteiger partial charge in [-0.15, -0.1) is 0 Å². The van der Waals surface area contributed by atoms with E-state index >= 15 is 0 Å². The third-order valence-corrected chi connectivity index (χ3v) is 4.44. The number of benzene rings is 1. The number of methoxy groups -OCH3 is 1. The van der Waals surface area contributed by atoms with Gasteiger partial charge in [0.2, 0.25) is 5.88 Å². The van der Waals surface area contributed by atoms with Gasteiger partial charge in [-0.25, -0.2) is 4.98 Å². The molecule has 0 unspecified atom stereocenters. The Bertz CT molecular complexity index is 928. The Morgan fingerprint density at radius 3 is 2.69 bits per heavy atom. The highest BCUT2D eigenvalue weighted by Gasteiger charge is 2.22. The van der Waals surface area contributed by atoms with E-state index in [0.29, 0.717) is 20.7 Å². The third-order valence-electron chi connectivity index (χ3n) is 3.27. The number of nitrogens with zero attached hydrogens (tertiary/aromatic N) is 2. The summed E-state index contributed by atoms with van der Waals surface area (Å²) in [4.78, 5) is 26.2. The molecule has 1 aliphatic rings. The minimum Gasteiger partial charge on any atom is -0.493 e. The van der Waals surface area contributed by atoms with Crippen LogP contribution in [0.4, 0.5) is 5.69 Å². The molecule has 3 rings (SSSR count). The van der Waals surface area contributed by atoms with Crippen LogP contribution in [0.5, 0.6) is 17.4 Å². The highest BCUT2D eigenvalue weighted by atomic mass is 32.2. The van der Waals surface area contributed by atoms with E-state index < -0.39 is 4.92 Å². The molecule has 1 fully saturated rings. The van der Waals surface area contributed by atoms with Crippen LogP contribution in [0.2, 0.25) is 0 Å². The fourth-order valence-corrected chi connectivity index (χ4v) is 3.13. The van der Waals surface area contributed by atoms with Crippen molar-refractivity contribution in [3.8, 4) is 17.4 Å². The highest BCUT2D eigenvalue weighted by Crippen LogP contribution is 2.34. The van der Waals surface area contributed by atoms with E-state index in [0.717, 1.165) is 11.8 Å². The lowest BCUT2D eigenvalue weighted by atomic mass is 10.2. The zero-order valence-electron chi connectivity index (χ0n) is 13.3. The van der Waals surface area contributed by atoms with Gasteiger partial charge in [-0.05, 0) is 23.8 Å². The number of hydrogen-bond acceptors (Lipinski definition) is 8. The summed E-state index contributed by atoms with van der Waals surface area (Å²) >= 11 is 6.14. The van der Waals surface area contributed by atoms with Crippen molar-refractivity contribution < 1.29 is 19.2 Å². The van der Waals surface area contributed by atoms with E-state index in [9.17, 15) is 14.9 Å². The Balaban J connectivity index is 1.83. The average Bonchev–Trinajstić information content (AvgIpc) is 2.93. The molecule has 2 aromatic rings. The van der Waals surface area contributed by atoms with Crippen molar-refractivity contribution >= 4 is 46.0 Å². The molecule has 1 aromatic heterocycles. The predicted molar refractivity (Wildman–Crippen MR) is 100 cm³/mol. The second-order valence-corrected chi connectivity index (χ2v) is 6.70. The number of nitro groups is 1. The molecular weight excluding hydrogens is 378 g/mol. The summed E-state index contributed by atoms with van der Waals surface area (Å²) in [5.41, 5.74) is 0.602. The second-order valence-electron chi connectivity index (χ2n) is 4.98. The molecular formula is C16H11N3O5S2. The normalized spacial score (nSPS) is 15.0. The summed E-state index contributed by atoms with van der Waals surface area (Å²) < 4.78 is 11.3. The van der Waals surface area contributed by atoms with E-state index in [1.54, 1.807) is 24.3 Å². The van der Waals surface area contributed by atoms with Gasteiger partial charge >= 0.3 is 0 Å². The van der Waals surface area contributed by atoms with Gasteiger partial charge in [0.15, 0.2) is 11.5 Å². The molecule has 1 N–H and O–H groups in total. The van der Waals surface area contributed by atoms with Crippen LogP contribution in [0, 0.1) is 10.1 Å². The Morgan fingerprint density at radius 1 is 1.31 bits per heavy atom. The number of thiocarbonyl (C=S) groups is 1. The van der Waals surface area contributed by atoms with E-state index in [1.165, 1.54) is 31.0 Å². The van der Waals surface area contributed by atoms with Crippen molar-refractivity contribution in [1.82, 2.24) is 10.3 Å². The number of hydrogen-bond donors (Lipinski definition) is 1. The fraction of sp³-hybridized carbons (Fsp3) is 0.0625. The summed E-state index contributed by atoms with van der Waals surface area (Å²) in [5.74, 6) is 0.756. The summed E-state index contributed by atoms with van der Waals surface area (Å²) in [6.45, 7) is 0. The molecule has 0 radical (unpaired) electrons. The van der Waals surface area contributed by atoms with Crippen LogP contribution in [-0.2, 0) is 4.79 Å². The minimum absolute atomic E-state index is 0.128. The smallest absolute Gasteiger partial charge is 0.287 e. The maximum atomic E-state index is 11.7. The Hall–Kier alpha value is -2.98. The fourth-order valence-electron chi connectivity index (χ4n) is 2.08. The van der Waals surface area contributed by atoms with E-state index in [2.05, 4.69) is 10.3 Å². The van der Waals surface area contributed by atoms with Crippen molar-refractivity contribution in [3.63, 3.8) is 0 Å². The Labute approximate surface area is 157 Å². The van der Waals surface area contributed by atoms with Crippen molar-refractivity contribution in [2.75, 3.05) is 7.11 Å². The number of thioether (sulfide) groups is 1. The molecule has 1 aromatic carbocycles. The summed E-state index contributed by atoms with van der Waals surface area (Å²) in [6, 6.07) is 7.79. The molecule has 132 valence electrons. The highest BCUT2D eigenvalue weighted by molar-refractivity contribution is 8.26. The predicted octanol–water partition coefficient (Wildman–Crippen LogP) is 3.28. The molecule has 0 bridgehead atoms. The SMILES string of the molecule is COc1cc(/C=C2\SC(=S)NC2=O)ccc1Oc1ccc([N+](=O)[O-])cn1. The molecule has 0 aliphatic carbocycles. The monoisotopic (exact) mass is 389 g/mol. The van der Waals surface area contributed by atoms with Crippen LogP contribution in [0.25, 0.3) is 6.08 Å². The van der Waals surface area contributed by atoms with Gasteiger partial charge in [-0.1, -0.05) is 30.0 Å². The molecule has 1 aliphatic heterocycles. The first-order chi connectivity index (χ1) is 12.5. The summed E-state index contributed by atoms with van der Waals surface area (Å²) in [7, 11) is 1.48. The van der Waals surface area contributed by atoms with Gasteiger partial charge in [0.25, 0.3) is 11.6 Å². The number of pyridine rings is 1. The number of aromatic nitrogens is 1. The maximum absolute atomic E-state index is 11.7. The molecule has 0 spiro atoms. The summed E-state index contributed by atoms with van der Waals surface area (Å²) in [6.07, 6.45) is 2.80. The lowest BCUT2D eigenvalue weighted by Gasteiger charge is -2.10. The first kappa shape index (κ1) is 17.8. The first-order valence-electron chi connectivity index (χ1n) is 7.17. The van der Waals surface area contributed by atoms with E-state index in [-0.39, 0.29) is 17.5 Å². The van der Waals surface area contributed by atoms with E-state index in [4.69, 9.17) is 21.7 Å². The lowest BCUT2D eigenvalue weighted by Crippen LogP contribution is -2.17. The quantitative estimate of drug-likeness (QED) is 0.360. The molecule has 26 heavy (non-hydrogen) atoms. The van der Waals surface area contributed by atoms with Gasteiger partial charge < -0.3 is 14.8 Å². The number of amides is 1. The standard InChI is InChI=1S/C16H11N3O5S2/c1-23-12-6-9(7-13-15(20)18-16(25)26-13)2-4-11(12)24-14-5-3-10(8-17-14)19(21)22/h2-8H,1H3,(H,18,20,25)/b13-7-.